The molecule has 2 aliphatic rings. The van der Waals surface area contributed by atoms with Gasteiger partial charge in [0.25, 0.3) is 0 Å². The van der Waals surface area contributed by atoms with Gasteiger partial charge in [0.15, 0.2) is 0 Å². The highest BCUT2D eigenvalue weighted by atomic mass is 15.3. The topological polar surface area (TPSA) is 6.48 Å². The number of hydrogen-bond donors (Lipinski definition) is 0. The number of rotatable bonds is 3. The molecule has 16 heavy (non-hydrogen) atoms. The molecule has 2 heteroatoms. The van der Waals surface area contributed by atoms with Crippen LogP contribution in [-0.4, -0.2) is 48.1 Å². The van der Waals surface area contributed by atoms with E-state index in [9.17, 15) is 0 Å². The molecule has 0 spiro atoms. The summed E-state index contributed by atoms with van der Waals surface area (Å²) in [6, 6.07) is 0. The van der Waals surface area contributed by atoms with Gasteiger partial charge < -0.3 is 4.90 Å². The molecule has 0 aromatic heterocycles. The lowest BCUT2D eigenvalue weighted by atomic mass is 9.86. The molecule has 0 unspecified atom stereocenters. The fourth-order valence-corrected chi connectivity index (χ4v) is 2.78. The fraction of sp³-hybridized carbons (Fsp3) is 1.00. The van der Waals surface area contributed by atoms with Crippen LogP contribution in [0, 0.1) is 17.8 Å². The lowest BCUT2D eigenvalue weighted by Crippen LogP contribution is -2.61. The Kier molecular flexibility index (Phi) is 3.33. The predicted molar refractivity (Wildman–Crippen MR) is 69.6 cm³/mol. The van der Waals surface area contributed by atoms with E-state index in [4.69, 9.17) is 0 Å². The Morgan fingerprint density at radius 3 is 2.06 bits per heavy atom. The normalized spacial score (nSPS) is 25.9. The zero-order valence-corrected chi connectivity index (χ0v) is 11.7. The maximum absolute atomic E-state index is 2.65. The van der Waals surface area contributed by atoms with Gasteiger partial charge in [0, 0.05) is 38.3 Å². The first kappa shape index (κ1) is 12.4. The second-order valence-corrected chi connectivity index (χ2v) is 7.16. The first-order chi connectivity index (χ1) is 7.36. The van der Waals surface area contributed by atoms with Crippen LogP contribution in [0.3, 0.4) is 0 Å². The summed E-state index contributed by atoms with van der Waals surface area (Å²) in [4.78, 5) is 5.24. The van der Waals surface area contributed by atoms with Crippen LogP contribution in [0.4, 0.5) is 0 Å². The Morgan fingerprint density at radius 1 is 1.06 bits per heavy atom. The highest BCUT2D eigenvalue weighted by molar-refractivity contribution is 4.92. The molecule has 0 aromatic rings. The van der Waals surface area contributed by atoms with E-state index < -0.39 is 0 Å². The minimum absolute atomic E-state index is 0.381. The fourth-order valence-electron chi connectivity index (χ4n) is 2.78. The smallest absolute Gasteiger partial charge is 0.0125 e. The third-order valence-corrected chi connectivity index (χ3v) is 4.35. The zero-order chi connectivity index (χ0) is 11.9. The third kappa shape index (κ3) is 2.60. The van der Waals surface area contributed by atoms with E-state index in [0.717, 1.165) is 17.8 Å². The molecular weight excluding hydrogens is 196 g/mol. The molecule has 0 aliphatic carbocycles. The maximum Gasteiger partial charge on any atom is 0.0125 e. The van der Waals surface area contributed by atoms with Crippen LogP contribution in [0.25, 0.3) is 0 Å². The molecule has 94 valence electrons. The molecule has 0 bridgehead atoms. The molecule has 0 saturated carbocycles. The Balaban J connectivity index is 1.61. The van der Waals surface area contributed by atoms with Gasteiger partial charge in [0.05, 0.1) is 0 Å². The highest BCUT2D eigenvalue weighted by Gasteiger charge is 2.37. The van der Waals surface area contributed by atoms with Crippen LogP contribution >= 0.6 is 0 Å². The van der Waals surface area contributed by atoms with Crippen molar-refractivity contribution in [3.8, 4) is 0 Å². The number of nitrogens with zero attached hydrogens (tertiary/aromatic N) is 2. The van der Waals surface area contributed by atoms with Gasteiger partial charge in [-0.05, 0) is 38.5 Å². The van der Waals surface area contributed by atoms with Crippen LogP contribution < -0.4 is 0 Å². The van der Waals surface area contributed by atoms with Crippen LogP contribution in [0.1, 0.15) is 34.6 Å². The summed E-state index contributed by atoms with van der Waals surface area (Å²) in [5.41, 5.74) is 0.381. The Bertz CT molecular complexity index is 230. The predicted octanol–water partition coefficient (Wildman–Crippen LogP) is 2.30. The lowest BCUT2D eigenvalue weighted by Gasteiger charge is -2.51. The zero-order valence-electron chi connectivity index (χ0n) is 11.7. The van der Waals surface area contributed by atoms with Crippen molar-refractivity contribution < 1.29 is 0 Å². The average molecular weight is 224 g/mol. The van der Waals surface area contributed by atoms with E-state index in [1.165, 1.54) is 32.7 Å². The Morgan fingerprint density at radius 2 is 1.62 bits per heavy atom. The first-order valence-electron chi connectivity index (χ1n) is 6.83. The highest BCUT2D eigenvalue weighted by Crippen LogP contribution is 2.29. The van der Waals surface area contributed by atoms with E-state index >= 15 is 0 Å². The van der Waals surface area contributed by atoms with E-state index in [1.54, 1.807) is 0 Å². The molecule has 2 heterocycles. The van der Waals surface area contributed by atoms with Gasteiger partial charge in [-0.15, -0.1) is 0 Å². The molecule has 0 amide bonds. The quantitative estimate of drug-likeness (QED) is 0.726. The van der Waals surface area contributed by atoms with Crippen molar-refractivity contribution in [1.29, 1.82) is 0 Å². The van der Waals surface area contributed by atoms with Crippen LogP contribution in [0.5, 0.6) is 0 Å². The van der Waals surface area contributed by atoms with Crippen molar-refractivity contribution in [3.63, 3.8) is 0 Å². The second-order valence-electron chi connectivity index (χ2n) is 7.16. The molecule has 0 aromatic carbocycles. The standard InChI is InChI=1S/C14H28N2/c1-11(2)13-9-15(10-13)6-12-7-16(8-12)14(3,4)5/h11-13H,6-10H2,1-5H3. The molecule has 2 nitrogen and oxygen atoms in total. The summed E-state index contributed by atoms with van der Waals surface area (Å²) in [6.07, 6.45) is 0. The molecule has 0 N–H and O–H groups in total. The SMILES string of the molecule is CC(C)C1CN(CC2CN(C(C)(C)C)C2)C1. The van der Waals surface area contributed by atoms with Crippen molar-refractivity contribution >= 4 is 0 Å². The summed E-state index contributed by atoms with van der Waals surface area (Å²) in [5, 5.41) is 0. The van der Waals surface area contributed by atoms with Gasteiger partial charge >= 0.3 is 0 Å². The Labute approximate surface area is 101 Å². The van der Waals surface area contributed by atoms with Gasteiger partial charge in [-0.3, -0.25) is 4.90 Å². The van der Waals surface area contributed by atoms with Crippen molar-refractivity contribution in [2.75, 3.05) is 32.7 Å². The van der Waals surface area contributed by atoms with Crippen LogP contribution in [0.2, 0.25) is 0 Å². The molecular formula is C14H28N2. The van der Waals surface area contributed by atoms with Crippen molar-refractivity contribution in [2.24, 2.45) is 17.8 Å². The van der Waals surface area contributed by atoms with Crippen LogP contribution in [-0.2, 0) is 0 Å². The maximum atomic E-state index is 2.65. The minimum atomic E-state index is 0.381. The van der Waals surface area contributed by atoms with Gasteiger partial charge in [-0.2, -0.15) is 0 Å². The summed E-state index contributed by atoms with van der Waals surface area (Å²) < 4.78 is 0. The van der Waals surface area contributed by atoms with E-state index in [-0.39, 0.29) is 0 Å². The van der Waals surface area contributed by atoms with E-state index in [2.05, 4.69) is 44.4 Å². The molecule has 0 atom stereocenters. The van der Waals surface area contributed by atoms with E-state index in [1.807, 2.05) is 0 Å². The monoisotopic (exact) mass is 224 g/mol. The lowest BCUT2D eigenvalue weighted by molar-refractivity contribution is -0.0280. The first-order valence-corrected chi connectivity index (χ1v) is 6.83. The molecule has 2 rings (SSSR count). The van der Waals surface area contributed by atoms with Crippen molar-refractivity contribution in [3.05, 3.63) is 0 Å². The van der Waals surface area contributed by atoms with Crippen molar-refractivity contribution in [2.45, 2.75) is 40.2 Å². The molecule has 0 radical (unpaired) electrons. The van der Waals surface area contributed by atoms with E-state index in [0.29, 0.717) is 5.54 Å². The number of likely N-dealkylation sites (tertiary alicyclic amines) is 2. The molecule has 2 saturated heterocycles. The van der Waals surface area contributed by atoms with Crippen molar-refractivity contribution in [1.82, 2.24) is 9.80 Å². The minimum Gasteiger partial charge on any atom is -0.302 e. The molecule has 2 fully saturated rings. The van der Waals surface area contributed by atoms with Gasteiger partial charge in [-0.1, -0.05) is 13.8 Å². The summed E-state index contributed by atoms with van der Waals surface area (Å²) in [6.45, 7) is 18.3. The summed E-state index contributed by atoms with van der Waals surface area (Å²) >= 11 is 0. The number of hydrogen-bond acceptors (Lipinski definition) is 2. The largest absolute Gasteiger partial charge is 0.302 e. The summed E-state index contributed by atoms with van der Waals surface area (Å²) in [5.74, 6) is 2.79. The Hall–Kier alpha value is -0.0800. The van der Waals surface area contributed by atoms with Gasteiger partial charge in [-0.25, -0.2) is 0 Å². The molecule has 2 aliphatic heterocycles. The summed E-state index contributed by atoms with van der Waals surface area (Å²) in [7, 11) is 0. The third-order valence-electron chi connectivity index (χ3n) is 4.35. The van der Waals surface area contributed by atoms with Crippen LogP contribution in [0.15, 0.2) is 0 Å². The average Bonchev–Trinajstić information content (AvgIpc) is 1.93. The van der Waals surface area contributed by atoms with Gasteiger partial charge in [0.1, 0.15) is 0 Å². The van der Waals surface area contributed by atoms with Gasteiger partial charge in [0.2, 0.25) is 0 Å². The second kappa shape index (κ2) is 4.30.